The van der Waals surface area contributed by atoms with Crippen molar-refractivity contribution in [3.8, 4) is 0 Å². The van der Waals surface area contributed by atoms with Crippen molar-refractivity contribution in [2.24, 2.45) is 0 Å². The first-order valence-electron chi connectivity index (χ1n) is 9.29. The van der Waals surface area contributed by atoms with E-state index in [-0.39, 0.29) is 11.9 Å². The van der Waals surface area contributed by atoms with Crippen molar-refractivity contribution in [3.05, 3.63) is 34.7 Å². The minimum atomic E-state index is 0.0177. The van der Waals surface area contributed by atoms with E-state index in [0.717, 1.165) is 59.7 Å². The van der Waals surface area contributed by atoms with Crippen LogP contribution in [-0.4, -0.2) is 68.6 Å². The standard InChI is InChI=1S/C20H29N3O2S/c1-15(8-9-23-12-10-22(2)11-13-23)21-20(24)19-17(14-25-3)16-6-4-5-7-18(16)26-19/h4-7,15H,8-14H2,1-3H3,(H,21,24). The Morgan fingerprint density at radius 1 is 1.27 bits per heavy atom. The summed E-state index contributed by atoms with van der Waals surface area (Å²) in [6.45, 7) is 8.08. The van der Waals surface area contributed by atoms with Gasteiger partial charge in [-0.25, -0.2) is 0 Å². The van der Waals surface area contributed by atoms with Gasteiger partial charge in [-0.2, -0.15) is 0 Å². The first-order chi connectivity index (χ1) is 12.6. The molecule has 142 valence electrons. The van der Waals surface area contributed by atoms with Crippen molar-refractivity contribution in [1.29, 1.82) is 0 Å². The molecule has 1 aliphatic heterocycles. The number of rotatable bonds is 7. The predicted octanol–water partition coefficient (Wildman–Crippen LogP) is 2.80. The summed E-state index contributed by atoms with van der Waals surface area (Å²) >= 11 is 1.55. The molecule has 3 rings (SSSR count). The summed E-state index contributed by atoms with van der Waals surface area (Å²) in [4.78, 5) is 18.5. The van der Waals surface area contributed by atoms with Gasteiger partial charge in [0.25, 0.3) is 5.91 Å². The Morgan fingerprint density at radius 3 is 2.73 bits per heavy atom. The fraction of sp³-hybridized carbons (Fsp3) is 0.550. The number of nitrogens with one attached hydrogen (secondary N) is 1. The molecule has 1 N–H and O–H groups in total. The normalized spacial score (nSPS) is 17.5. The molecule has 1 unspecified atom stereocenters. The third-order valence-corrected chi connectivity index (χ3v) is 6.26. The molecule has 0 saturated carbocycles. The van der Waals surface area contributed by atoms with Gasteiger partial charge in [0.15, 0.2) is 0 Å². The van der Waals surface area contributed by atoms with E-state index in [1.165, 1.54) is 0 Å². The van der Waals surface area contributed by atoms with Crippen LogP contribution in [0.1, 0.15) is 28.6 Å². The van der Waals surface area contributed by atoms with Gasteiger partial charge in [0.2, 0.25) is 0 Å². The Morgan fingerprint density at radius 2 is 2.00 bits per heavy atom. The lowest BCUT2D eigenvalue weighted by Gasteiger charge is -2.32. The van der Waals surface area contributed by atoms with Gasteiger partial charge in [0.05, 0.1) is 11.5 Å². The largest absolute Gasteiger partial charge is 0.380 e. The Hall–Kier alpha value is -1.47. The first kappa shape index (κ1) is 19.3. The fourth-order valence-electron chi connectivity index (χ4n) is 3.38. The van der Waals surface area contributed by atoms with Gasteiger partial charge >= 0.3 is 0 Å². The average Bonchev–Trinajstić information content (AvgIpc) is 3.00. The summed E-state index contributed by atoms with van der Waals surface area (Å²) in [5.74, 6) is 0.0177. The highest BCUT2D eigenvalue weighted by Gasteiger charge is 2.20. The van der Waals surface area contributed by atoms with Gasteiger partial charge in [-0.05, 0) is 31.8 Å². The number of piperazine rings is 1. The molecule has 1 fully saturated rings. The SMILES string of the molecule is COCc1c(C(=O)NC(C)CCN2CCN(C)CC2)sc2ccccc12. The van der Waals surface area contributed by atoms with E-state index in [9.17, 15) is 4.79 Å². The van der Waals surface area contributed by atoms with E-state index in [1.54, 1.807) is 18.4 Å². The molecule has 5 nitrogen and oxygen atoms in total. The molecular formula is C20H29N3O2S. The van der Waals surface area contributed by atoms with Gasteiger partial charge < -0.3 is 19.9 Å². The number of thiophene rings is 1. The smallest absolute Gasteiger partial charge is 0.261 e. The molecular weight excluding hydrogens is 346 g/mol. The number of amides is 1. The van der Waals surface area contributed by atoms with E-state index >= 15 is 0 Å². The second kappa shape index (κ2) is 8.95. The molecule has 0 radical (unpaired) electrons. The van der Waals surface area contributed by atoms with Crippen molar-refractivity contribution in [2.75, 3.05) is 46.9 Å². The Balaban J connectivity index is 1.60. The topological polar surface area (TPSA) is 44.8 Å². The van der Waals surface area contributed by atoms with Crippen LogP contribution < -0.4 is 5.32 Å². The third kappa shape index (κ3) is 4.62. The highest BCUT2D eigenvalue weighted by molar-refractivity contribution is 7.21. The van der Waals surface area contributed by atoms with E-state index in [2.05, 4.69) is 41.2 Å². The van der Waals surface area contributed by atoms with Crippen LogP contribution in [-0.2, 0) is 11.3 Å². The van der Waals surface area contributed by atoms with Gasteiger partial charge in [0.1, 0.15) is 0 Å². The minimum Gasteiger partial charge on any atom is -0.380 e. The molecule has 26 heavy (non-hydrogen) atoms. The van der Waals surface area contributed by atoms with E-state index in [4.69, 9.17) is 4.74 Å². The number of fused-ring (bicyclic) bond motifs is 1. The number of carbonyl (C=O) groups is 1. The van der Waals surface area contributed by atoms with Crippen LogP contribution in [0.2, 0.25) is 0 Å². The molecule has 0 bridgehead atoms. The van der Waals surface area contributed by atoms with Gasteiger partial charge in [-0.1, -0.05) is 18.2 Å². The molecule has 1 saturated heterocycles. The lowest BCUT2D eigenvalue weighted by atomic mass is 10.1. The van der Waals surface area contributed by atoms with Crippen LogP contribution in [0.25, 0.3) is 10.1 Å². The number of methoxy groups -OCH3 is 1. The van der Waals surface area contributed by atoms with Crippen LogP contribution in [0.15, 0.2) is 24.3 Å². The van der Waals surface area contributed by atoms with Crippen molar-refractivity contribution in [2.45, 2.75) is 26.0 Å². The molecule has 1 aromatic carbocycles. The highest BCUT2D eigenvalue weighted by atomic mass is 32.1. The van der Waals surface area contributed by atoms with Gasteiger partial charge in [0, 0.05) is 56.1 Å². The maximum Gasteiger partial charge on any atom is 0.261 e. The number of hydrogen-bond donors (Lipinski definition) is 1. The molecule has 1 atom stereocenters. The second-order valence-corrected chi connectivity index (χ2v) is 8.20. The van der Waals surface area contributed by atoms with Crippen molar-refractivity contribution >= 4 is 27.3 Å². The number of hydrogen-bond acceptors (Lipinski definition) is 5. The molecule has 6 heteroatoms. The van der Waals surface area contributed by atoms with Gasteiger partial charge in [-0.15, -0.1) is 11.3 Å². The third-order valence-electron chi connectivity index (χ3n) is 5.04. The minimum absolute atomic E-state index is 0.0177. The number of ether oxygens (including phenoxy) is 1. The molecule has 1 aromatic heterocycles. The molecule has 1 amide bonds. The Labute approximate surface area is 159 Å². The van der Waals surface area contributed by atoms with E-state index in [1.807, 2.05) is 12.1 Å². The lowest BCUT2D eigenvalue weighted by molar-refractivity contribution is 0.0931. The van der Waals surface area contributed by atoms with E-state index < -0.39 is 0 Å². The van der Waals surface area contributed by atoms with Crippen LogP contribution in [0.5, 0.6) is 0 Å². The summed E-state index contributed by atoms with van der Waals surface area (Å²) in [5, 5.41) is 4.30. The first-order valence-corrected chi connectivity index (χ1v) is 10.1. The average molecular weight is 376 g/mol. The van der Waals surface area contributed by atoms with Crippen LogP contribution in [0.3, 0.4) is 0 Å². The number of likely N-dealkylation sites (N-methyl/N-ethyl adjacent to an activating group) is 1. The van der Waals surface area contributed by atoms with Crippen LogP contribution in [0, 0.1) is 0 Å². The predicted molar refractivity (Wildman–Crippen MR) is 108 cm³/mol. The number of nitrogens with zero attached hydrogens (tertiary/aromatic N) is 2. The van der Waals surface area contributed by atoms with Crippen molar-refractivity contribution in [3.63, 3.8) is 0 Å². The van der Waals surface area contributed by atoms with Gasteiger partial charge in [-0.3, -0.25) is 4.79 Å². The highest BCUT2D eigenvalue weighted by Crippen LogP contribution is 2.31. The number of carbonyl (C=O) groups excluding carboxylic acids is 1. The molecule has 0 aliphatic carbocycles. The summed E-state index contributed by atoms with van der Waals surface area (Å²) in [6.07, 6.45) is 0.972. The van der Waals surface area contributed by atoms with E-state index in [0.29, 0.717) is 6.61 Å². The van der Waals surface area contributed by atoms with Crippen molar-refractivity contribution < 1.29 is 9.53 Å². The lowest BCUT2D eigenvalue weighted by Crippen LogP contribution is -2.46. The number of benzene rings is 1. The van der Waals surface area contributed by atoms with Crippen molar-refractivity contribution in [1.82, 2.24) is 15.1 Å². The van der Waals surface area contributed by atoms with Crippen LogP contribution in [0.4, 0.5) is 0 Å². The Kier molecular flexibility index (Phi) is 6.64. The maximum atomic E-state index is 12.8. The monoisotopic (exact) mass is 375 g/mol. The maximum absolute atomic E-state index is 12.8. The summed E-state index contributed by atoms with van der Waals surface area (Å²) in [7, 11) is 3.84. The quantitative estimate of drug-likeness (QED) is 0.808. The zero-order chi connectivity index (χ0) is 18.5. The molecule has 0 spiro atoms. The Bertz CT molecular complexity index is 738. The molecule has 1 aliphatic rings. The fourth-order valence-corrected chi connectivity index (χ4v) is 4.49. The molecule has 2 aromatic rings. The second-order valence-electron chi connectivity index (χ2n) is 7.15. The summed E-state index contributed by atoms with van der Waals surface area (Å²) < 4.78 is 6.48. The summed E-state index contributed by atoms with van der Waals surface area (Å²) in [5.41, 5.74) is 0.997. The summed E-state index contributed by atoms with van der Waals surface area (Å²) in [6, 6.07) is 8.30. The zero-order valence-electron chi connectivity index (χ0n) is 16.0. The van der Waals surface area contributed by atoms with Crippen LogP contribution >= 0.6 is 11.3 Å². The molecule has 2 heterocycles. The zero-order valence-corrected chi connectivity index (χ0v) is 16.8.